The number of rotatable bonds is 4. The van der Waals surface area contributed by atoms with Gasteiger partial charge in [0.2, 0.25) is 0 Å². The van der Waals surface area contributed by atoms with Gasteiger partial charge in [-0.15, -0.1) is 0 Å². The number of nitrogens with one attached hydrogen (secondary N) is 1. The molecule has 1 aromatic carbocycles. The number of nitrogens with zero attached hydrogens (tertiary/aromatic N) is 4. The number of anilines is 1. The molecule has 0 unspecified atom stereocenters. The zero-order valence-corrected chi connectivity index (χ0v) is 14.6. The van der Waals surface area contributed by atoms with Gasteiger partial charge in [-0.05, 0) is 53.5 Å². The molecule has 1 amide bonds. The molecule has 1 aromatic heterocycles. The second-order valence-corrected chi connectivity index (χ2v) is 6.26. The number of hydrogen-bond acceptors (Lipinski definition) is 5. The fourth-order valence-corrected chi connectivity index (χ4v) is 2.47. The third kappa shape index (κ3) is 3.80. The van der Waals surface area contributed by atoms with Crippen LogP contribution in [0.2, 0.25) is 0 Å². The Morgan fingerprint density at radius 1 is 1.42 bits per heavy atom. The molecule has 1 atom stereocenters. The van der Waals surface area contributed by atoms with Gasteiger partial charge in [0.25, 0.3) is 5.91 Å². The zero-order chi connectivity index (χ0) is 17.9. The summed E-state index contributed by atoms with van der Waals surface area (Å²) in [7, 11) is 0. The van der Waals surface area contributed by atoms with Crippen molar-refractivity contribution in [1.82, 2.24) is 9.78 Å². The molecule has 0 aliphatic carbocycles. The van der Waals surface area contributed by atoms with Crippen LogP contribution in [0.4, 0.5) is 5.69 Å². The number of carbonyl (C=O) groups is 1. The minimum atomic E-state index is -1.74. The highest BCUT2D eigenvalue weighted by Crippen LogP contribution is 2.19. The van der Waals surface area contributed by atoms with E-state index in [2.05, 4.69) is 26.3 Å². The van der Waals surface area contributed by atoms with Crippen LogP contribution in [0.5, 0.6) is 0 Å². The smallest absolute Gasteiger partial charge is 0.257 e. The molecule has 0 saturated heterocycles. The summed E-state index contributed by atoms with van der Waals surface area (Å²) in [6, 6.07) is 8.85. The van der Waals surface area contributed by atoms with Gasteiger partial charge in [0.1, 0.15) is 16.2 Å². The van der Waals surface area contributed by atoms with Gasteiger partial charge in [0, 0.05) is 11.9 Å². The maximum Gasteiger partial charge on any atom is 0.257 e. The maximum absolute atomic E-state index is 12.3. The molecule has 122 valence electrons. The highest BCUT2D eigenvalue weighted by molar-refractivity contribution is 9.10. The molecule has 8 heteroatoms. The van der Waals surface area contributed by atoms with Crippen molar-refractivity contribution in [2.75, 3.05) is 5.32 Å². The van der Waals surface area contributed by atoms with Crippen LogP contribution in [0, 0.1) is 29.6 Å². The lowest BCUT2D eigenvalue weighted by Crippen LogP contribution is -2.43. The van der Waals surface area contributed by atoms with E-state index in [1.165, 1.54) is 17.8 Å². The highest BCUT2D eigenvalue weighted by atomic mass is 79.9. The fraction of sp³-hybridized carbons (Fsp3) is 0.250. The Morgan fingerprint density at radius 3 is 2.62 bits per heavy atom. The predicted octanol–water partition coefficient (Wildman–Crippen LogP) is 2.09. The van der Waals surface area contributed by atoms with Crippen LogP contribution in [0.3, 0.4) is 0 Å². The number of halogens is 1. The van der Waals surface area contributed by atoms with Crippen molar-refractivity contribution in [2.45, 2.75) is 26.0 Å². The molecule has 2 aromatic rings. The van der Waals surface area contributed by atoms with Crippen LogP contribution >= 0.6 is 15.9 Å². The number of carbonyl (C=O) groups excluding carboxylic acids is 1. The zero-order valence-electron chi connectivity index (χ0n) is 13.0. The van der Waals surface area contributed by atoms with Crippen LogP contribution in [0.1, 0.15) is 23.6 Å². The lowest BCUT2D eigenvalue weighted by molar-refractivity contribution is -0.133. The highest BCUT2D eigenvalue weighted by Gasteiger charge is 2.31. The minimum absolute atomic E-state index is 0.117. The Bertz CT molecular complexity index is 874. The summed E-state index contributed by atoms with van der Waals surface area (Å²) in [6.07, 6.45) is 1.44. The molecule has 0 aliphatic rings. The van der Waals surface area contributed by atoms with Crippen LogP contribution < -0.4 is 5.32 Å². The number of aromatic nitrogens is 2. The lowest BCUT2D eigenvalue weighted by atomic mass is 10.1. The van der Waals surface area contributed by atoms with E-state index in [0.29, 0.717) is 21.4 Å². The Kier molecular flexibility index (Phi) is 5.03. The maximum atomic E-state index is 12.3. The van der Waals surface area contributed by atoms with Crippen molar-refractivity contribution >= 4 is 27.5 Å². The Morgan fingerprint density at radius 2 is 2.08 bits per heavy atom. The Hall–Kier alpha value is -2.68. The molecule has 2 N–H and O–H groups in total. The van der Waals surface area contributed by atoms with Crippen LogP contribution in [-0.4, -0.2) is 26.4 Å². The molecule has 0 bridgehead atoms. The molecule has 24 heavy (non-hydrogen) atoms. The second-order valence-electron chi connectivity index (χ2n) is 5.51. The van der Waals surface area contributed by atoms with Crippen LogP contribution in [0.25, 0.3) is 0 Å². The van der Waals surface area contributed by atoms with Crippen molar-refractivity contribution in [1.29, 1.82) is 10.5 Å². The standard InChI is InChI=1S/C16H14BrN5O2/c1-10-5-13(4-3-11(10)6-18)20-15(23)16(2,24)9-22-8-12(7-19)14(17)21-22/h3-5,8,24H,9H2,1-2H3,(H,20,23)/t16-/m0/s1. The molecule has 0 radical (unpaired) electrons. The largest absolute Gasteiger partial charge is 0.378 e. The first kappa shape index (κ1) is 17.7. The van der Waals surface area contributed by atoms with E-state index in [-0.39, 0.29) is 6.54 Å². The van der Waals surface area contributed by atoms with Crippen LogP contribution in [0.15, 0.2) is 29.0 Å². The number of amides is 1. The Balaban J connectivity index is 2.14. The first-order valence-electron chi connectivity index (χ1n) is 6.94. The summed E-state index contributed by atoms with van der Waals surface area (Å²) in [5, 5.41) is 34.9. The van der Waals surface area contributed by atoms with E-state index in [1.54, 1.807) is 25.1 Å². The number of benzene rings is 1. The molecule has 7 nitrogen and oxygen atoms in total. The van der Waals surface area contributed by atoms with Gasteiger partial charge >= 0.3 is 0 Å². The average Bonchev–Trinajstić information content (AvgIpc) is 2.86. The summed E-state index contributed by atoms with van der Waals surface area (Å²) in [6.45, 7) is 3.01. The molecule has 0 saturated carbocycles. The SMILES string of the molecule is Cc1cc(NC(=O)[C@@](C)(O)Cn2cc(C#N)c(Br)n2)ccc1C#N. The van der Waals surface area contributed by atoms with E-state index in [0.717, 1.165) is 5.56 Å². The van der Waals surface area contributed by atoms with Gasteiger partial charge < -0.3 is 10.4 Å². The van der Waals surface area contributed by atoms with Gasteiger partial charge in [-0.2, -0.15) is 15.6 Å². The monoisotopic (exact) mass is 387 g/mol. The van der Waals surface area contributed by atoms with E-state index < -0.39 is 11.5 Å². The third-order valence-electron chi connectivity index (χ3n) is 3.40. The molecular formula is C16H14BrN5O2. The molecular weight excluding hydrogens is 374 g/mol. The van der Waals surface area contributed by atoms with Crippen molar-refractivity contribution in [3.63, 3.8) is 0 Å². The molecule has 0 spiro atoms. The summed E-state index contributed by atoms with van der Waals surface area (Å²) in [5.74, 6) is -0.614. The van der Waals surface area contributed by atoms with Crippen molar-refractivity contribution in [3.8, 4) is 12.1 Å². The number of aliphatic hydroxyl groups is 1. The Labute approximate surface area is 147 Å². The minimum Gasteiger partial charge on any atom is -0.378 e. The van der Waals surface area contributed by atoms with Gasteiger partial charge in [-0.3, -0.25) is 9.48 Å². The second kappa shape index (κ2) is 6.83. The predicted molar refractivity (Wildman–Crippen MR) is 89.8 cm³/mol. The summed E-state index contributed by atoms with van der Waals surface area (Å²) in [4.78, 5) is 12.3. The summed E-state index contributed by atoms with van der Waals surface area (Å²) >= 11 is 3.13. The molecule has 1 heterocycles. The fourth-order valence-electron chi connectivity index (χ4n) is 2.07. The van der Waals surface area contributed by atoms with Crippen molar-refractivity contribution < 1.29 is 9.90 Å². The van der Waals surface area contributed by atoms with E-state index >= 15 is 0 Å². The topological polar surface area (TPSA) is 115 Å². The molecule has 0 fully saturated rings. The number of nitriles is 2. The van der Waals surface area contributed by atoms with Gasteiger partial charge in [-0.1, -0.05) is 0 Å². The number of hydrogen-bond donors (Lipinski definition) is 2. The van der Waals surface area contributed by atoms with Crippen molar-refractivity contribution in [3.05, 3.63) is 45.7 Å². The molecule has 0 aliphatic heterocycles. The normalized spacial score (nSPS) is 12.8. The molecule has 2 rings (SSSR count). The van der Waals surface area contributed by atoms with Gasteiger partial charge in [0.05, 0.1) is 18.2 Å². The average molecular weight is 388 g/mol. The van der Waals surface area contributed by atoms with E-state index in [1.807, 2.05) is 12.1 Å². The van der Waals surface area contributed by atoms with Gasteiger partial charge in [-0.25, -0.2) is 0 Å². The lowest BCUT2D eigenvalue weighted by Gasteiger charge is -2.22. The van der Waals surface area contributed by atoms with E-state index in [4.69, 9.17) is 10.5 Å². The van der Waals surface area contributed by atoms with Crippen LogP contribution in [-0.2, 0) is 11.3 Å². The van der Waals surface area contributed by atoms with Crippen molar-refractivity contribution in [2.24, 2.45) is 0 Å². The summed E-state index contributed by atoms with van der Waals surface area (Å²) < 4.78 is 1.68. The quantitative estimate of drug-likeness (QED) is 0.832. The first-order valence-corrected chi connectivity index (χ1v) is 7.74. The number of aryl methyl sites for hydroxylation is 1. The third-order valence-corrected chi connectivity index (χ3v) is 3.99. The van der Waals surface area contributed by atoms with E-state index in [9.17, 15) is 9.90 Å². The summed E-state index contributed by atoms with van der Waals surface area (Å²) in [5.41, 5.74) is 0.305. The first-order chi connectivity index (χ1) is 11.3. The van der Waals surface area contributed by atoms with Gasteiger partial charge in [0.15, 0.2) is 5.60 Å².